The Hall–Kier alpha value is -2.82. The summed E-state index contributed by atoms with van der Waals surface area (Å²) in [5.41, 5.74) is 3.23. The minimum atomic E-state index is -0.214. The number of fused-ring (bicyclic) bond motifs is 1. The monoisotopic (exact) mass is 365 g/mol. The lowest BCUT2D eigenvalue weighted by Crippen LogP contribution is -2.37. The lowest BCUT2D eigenvalue weighted by molar-refractivity contribution is 0.0685. The van der Waals surface area contributed by atoms with E-state index < -0.39 is 0 Å². The number of hydrogen-bond donors (Lipinski definition) is 2. The Kier molecular flexibility index (Phi) is 5.49. The number of nitrogens with zero attached hydrogens (tertiary/aromatic N) is 1. The molecule has 0 fully saturated rings. The standard InChI is InChI=1S/C22H27N3O2/c1-14(2)13-23-21(26)16-9-11-17(12-10-16)24-20-18-7-5-6-8-19(18)22(27)25(20)15(3)4/h5-12,14-15,20,24H,13H2,1-4H3,(H,23,26). The van der Waals surface area contributed by atoms with E-state index in [-0.39, 0.29) is 24.0 Å². The number of benzene rings is 2. The molecule has 0 aromatic heterocycles. The van der Waals surface area contributed by atoms with Gasteiger partial charge in [-0.1, -0.05) is 32.0 Å². The zero-order valence-corrected chi connectivity index (χ0v) is 16.3. The predicted octanol–water partition coefficient (Wildman–Crippen LogP) is 4.05. The minimum Gasteiger partial charge on any atom is -0.361 e. The lowest BCUT2D eigenvalue weighted by atomic mass is 10.1. The third-order valence-electron chi connectivity index (χ3n) is 4.68. The van der Waals surface area contributed by atoms with Gasteiger partial charge in [0.1, 0.15) is 6.17 Å². The van der Waals surface area contributed by atoms with E-state index in [4.69, 9.17) is 0 Å². The Morgan fingerprint density at radius 3 is 2.33 bits per heavy atom. The van der Waals surface area contributed by atoms with Gasteiger partial charge < -0.3 is 15.5 Å². The molecule has 1 aliphatic heterocycles. The van der Waals surface area contributed by atoms with Crippen molar-refractivity contribution in [3.05, 3.63) is 65.2 Å². The Balaban J connectivity index is 1.78. The first-order valence-electron chi connectivity index (χ1n) is 9.45. The van der Waals surface area contributed by atoms with Gasteiger partial charge in [0.2, 0.25) is 0 Å². The summed E-state index contributed by atoms with van der Waals surface area (Å²) < 4.78 is 0. The maximum absolute atomic E-state index is 12.7. The van der Waals surface area contributed by atoms with E-state index in [1.54, 1.807) is 12.1 Å². The number of nitrogens with one attached hydrogen (secondary N) is 2. The maximum Gasteiger partial charge on any atom is 0.256 e. The Morgan fingerprint density at radius 2 is 1.70 bits per heavy atom. The van der Waals surface area contributed by atoms with Gasteiger partial charge >= 0.3 is 0 Å². The van der Waals surface area contributed by atoms with Crippen molar-refractivity contribution in [1.82, 2.24) is 10.2 Å². The first kappa shape index (κ1) is 19.0. The van der Waals surface area contributed by atoms with Gasteiger partial charge in [-0.15, -0.1) is 0 Å². The summed E-state index contributed by atoms with van der Waals surface area (Å²) in [4.78, 5) is 26.8. The van der Waals surface area contributed by atoms with Crippen molar-refractivity contribution in [3.63, 3.8) is 0 Å². The lowest BCUT2D eigenvalue weighted by Gasteiger charge is -2.30. The average molecular weight is 365 g/mol. The summed E-state index contributed by atoms with van der Waals surface area (Å²) in [5, 5.41) is 6.37. The zero-order chi connectivity index (χ0) is 19.6. The topological polar surface area (TPSA) is 61.4 Å². The second kappa shape index (κ2) is 7.82. The van der Waals surface area contributed by atoms with Gasteiger partial charge in [0, 0.05) is 35.0 Å². The van der Waals surface area contributed by atoms with Crippen LogP contribution in [0.3, 0.4) is 0 Å². The molecule has 1 aliphatic rings. The quantitative estimate of drug-likeness (QED) is 0.812. The summed E-state index contributed by atoms with van der Waals surface area (Å²) >= 11 is 0. The van der Waals surface area contributed by atoms with Crippen LogP contribution in [-0.2, 0) is 0 Å². The molecule has 5 heteroatoms. The van der Waals surface area contributed by atoms with Crippen LogP contribution in [0.5, 0.6) is 0 Å². The first-order valence-corrected chi connectivity index (χ1v) is 9.45. The molecule has 2 aromatic carbocycles. The van der Waals surface area contributed by atoms with E-state index in [0.717, 1.165) is 16.8 Å². The van der Waals surface area contributed by atoms with Crippen LogP contribution in [0, 0.1) is 5.92 Å². The summed E-state index contributed by atoms with van der Waals surface area (Å²) in [7, 11) is 0. The Labute approximate surface area is 160 Å². The highest BCUT2D eigenvalue weighted by atomic mass is 16.2. The fraction of sp³-hybridized carbons (Fsp3) is 0.364. The second-order valence-electron chi connectivity index (χ2n) is 7.62. The van der Waals surface area contributed by atoms with Gasteiger partial charge in [-0.25, -0.2) is 0 Å². The highest BCUT2D eigenvalue weighted by Gasteiger charge is 2.37. The number of rotatable bonds is 6. The smallest absolute Gasteiger partial charge is 0.256 e. The van der Waals surface area contributed by atoms with Gasteiger partial charge in [-0.3, -0.25) is 9.59 Å². The third-order valence-corrected chi connectivity index (χ3v) is 4.68. The van der Waals surface area contributed by atoms with Crippen LogP contribution < -0.4 is 10.6 Å². The van der Waals surface area contributed by atoms with Crippen LogP contribution >= 0.6 is 0 Å². The molecule has 2 amide bonds. The van der Waals surface area contributed by atoms with Crippen molar-refractivity contribution < 1.29 is 9.59 Å². The molecule has 3 rings (SSSR count). The number of carbonyl (C=O) groups is 2. The Morgan fingerprint density at radius 1 is 1.04 bits per heavy atom. The fourth-order valence-electron chi connectivity index (χ4n) is 3.29. The van der Waals surface area contributed by atoms with Crippen LogP contribution in [0.15, 0.2) is 48.5 Å². The molecular weight excluding hydrogens is 338 g/mol. The van der Waals surface area contributed by atoms with Crippen molar-refractivity contribution >= 4 is 17.5 Å². The zero-order valence-electron chi connectivity index (χ0n) is 16.3. The predicted molar refractivity (Wildman–Crippen MR) is 108 cm³/mol. The van der Waals surface area contributed by atoms with E-state index in [1.807, 2.05) is 55.1 Å². The third kappa shape index (κ3) is 3.97. The van der Waals surface area contributed by atoms with Gasteiger partial charge in [-0.05, 0) is 50.1 Å². The summed E-state index contributed by atoms with van der Waals surface area (Å²) in [6.07, 6.45) is -0.214. The first-order chi connectivity index (χ1) is 12.9. The second-order valence-corrected chi connectivity index (χ2v) is 7.62. The van der Waals surface area contributed by atoms with E-state index in [1.165, 1.54) is 0 Å². The van der Waals surface area contributed by atoms with Gasteiger partial charge in [0.05, 0.1) is 0 Å². The normalized spacial score (nSPS) is 16.0. The molecule has 1 heterocycles. The fourth-order valence-corrected chi connectivity index (χ4v) is 3.29. The van der Waals surface area contributed by atoms with Crippen LogP contribution in [0.1, 0.15) is 60.1 Å². The summed E-state index contributed by atoms with van der Waals surface area (Å²) in [5.74, 6) is 0.389. The largest absolute Gasteiger partial charge is 0.361 e. The molecule has 2 N–H and O–H groups in total. The molecule has 5 nitrogen and oxygen atoms in total. The molecule has 1 atom stereocenters. The number of amides is 2. The highest BCUT2D eigenvalue weighted by Crippen LogP contribution is 2.35. The summed E-state index contributed by atoms with van der Waals surface area (Å²) in [6, 6.07) is 15.2. The van der Waals surface area contributed by atoms with E-state index in [9.17, 15) is 9.59 Å². The van der Waals surface area contributed by atoms with Gasteiger partial charge in [-0.2, -0.15) is 0 Å². The molecule has 0 spiro atoms. The van der Waals surface area contributed by atoms with Crippen molar-refractivity contribution in [3.8, 4) is 0 Å². The number of hydrogen-bond acceptors (Lipinski definition) is 3. The number of anilines is 1. The van der Waals surface area contributed by atoms with E-state index >= 15 is 0 Å². The molecule has 2 aromatic rings. The van der Waals surface area contributed by atoms with Crippen LogP contribution in [0.25, 0.3) is 0 Å². The molecule has 1 unspecified atom stereocenters. The number of carbonyl (C=O) groups excluding carboxylic acids is 2. The Bertz CT molecular complexity index is 828. The molecule has 142 valence electrons. The minimum absolute atomic E-state index is 0.0442. The van der Waals surface area contributed by atoms with Crippen molar-refractivity contribution in [2.45, 2.75) is 39.9 Å². The molecular formula is C22H27N3O2. The maximum atomic E-state index is 12.7. The van der Waals surface area contributed by atoms with Crippen LogP contribution in [0.2, 0.25) is 0 Å². The molecule has 27 heavy (non-hydrogen) atoms. The van der Waals surface area contributed by atoms with Crippen molar-refractivity contribution in [2.75, 3.05) is 11.9 Å². The van der Waals surface area contributed by atoms with Gasteiger partial charge in [0.25, 0.3) is 11.8 Å². The SMILES string of the molecule is CC(C)CNC(=O)c1ccc(NC2c3ccccc3C(=O)N2C(C)C)cc1. The van der Waals surface area contributed by atoms with Gasteiger partial charge in [0.15, 0.2) is 0 Å². The molecule has 0 aliphatic carbocycles. The summed E-state index contributed by atoms with van der Waals surface area (Å²) in [6.45, 7) is 8.81. The average Bonchev–Trinajstić information content (AvgIpc) is 2.93. The molecule has 0 saturated carbocycles. The van der Waals surface area contributed by atoms with E-state index in [0.29, 0.717) is 18.0 Å². The molecule has 0 bridgehead atoms. The highest BCUT2D eigenvalue weighted by molar-refractivity contribution is 5.99. The van der Waals surface area contributed by atoms with E-state index in [2.05, 4.69) is 24.5 Å². The van der Waals surface area contributed by atoms with Crippen molar-refractivity contribution in [1.29, 1.82) is 0 Å². The molecule has 0 saturated heterocycles. The molecule has 0 radical (unpaired) electrons. The van der Waals surface area contributed by atoms with Crippen LogP contribution in [0.4, 0.5) is 5.69 Å². The van der Waals surface area contributed by atoms with Crippen LogP contribution in [-0.4, -0.2) is 29.3 Å². The van der Waals surface area contributed by atoms with Crippen molar-refractivity contribution in [2.24, 2.45) is 5.92 Å².